The number of thioether (sulfide) groups is 1. The predicted octanol–water partition coefficient (Wildman–Crippen LogP) is 5.31. The predicted molar refractivity (Wildman–Crippen MR) is 120 cm³/mol. The average molecular weight is 418 g/mol. The minimum absolute atomic E-state index is 0.147. The van der Waals surface area contributed by atoms with Crippen molar-refractivity contribution in [2.75, 3.05) is 4.90 Å². The highest BCUT2D eigenvalue weighted by Crippen LogP contribution is 2.36. The molecule has 0 radical (unpaired) electrons. The summed E-state index contributed by atoms with van der Waals surface area (Å²) < 4.78 is 5.88. The van der Waals surface area contributed by atoms with Crippen LogP contribution in [0.1, 0.15) is 15.9 Å². The Bertz CT molecular complexity index is 1090. The van der Waals surface area contributed by atoms with Gasteiger partial charge in [-0.05, 0) is 48.0 Å². The van der Waals surface area contributed by atoms with Gasteiger partial charge in [-0.3, -0.25) is 9.69 Å². The minimum Gasteiger partial charge on any atom is -0.423 e. The number of hydrogen-bond acceptors (Lipinski definition) is 5. The number of amides is 1. The smallest absolute Gasteiger partial charge is 0.343 e. The topological polar surface area (TPSA) is 46.6 Å². The molecule has 0 unspecified atom stereocenters. The summed E-state index contributed by atoms with van der Waals surface area (Å²) >= 11 is 6.64. The van der Waals surface area contributed by atoms with Crippen LogP contribution in [0.5, 0.6) is 5.75 Å². The lowest BCUT2D eigenvalue weighted by molar-refractivity contribution is -0.113. The van der Waals surface area contributed by atoms with Gasteiger partial charge in [-0.1, -0.05) is 72.5 Å². The first-order valence-corrected chi connectivity index (χ1v) is 10.0. The lowest BCUT2D eigenvalue weighted by Crippen LogP contribution is -2.27. The van der Waals surface area contributed by atoms with Gasteiger partial charge in [-0.15, -0.1) is 0 Å². The maximum atomic E-state index is 12.8. The SMILES string of the molecule is O=C(Oc1ccc(C=C2SC(=S)N(c3ccccc3)C2=O)cc1)c1ccccc1. The van der Waals surface area contributed by atoms with E-state index in [2.05, 4.69) is 0 Å². The van der Waals surface area contributed by atoms with E-state index in [-0.39, 0.29) is 5.91 Å². The Hall–Kier alpha value is -3.22. The zero-order valence-electron chi connectivity index (χ0n) is 15.1. The van der Waals surface area contributed by atoms with E-state index in [1.54, 1.807) is 54.6 Å². The van der Waals surface area contributed by atoms with Gasteiger partial charge in [-0.25, -0.2) is 4.79 Å². The molecular formula is C23H15NO3S2. The molecule has 1 amide bonds. The van der Waals surface area contributed by atoms with Crippen LogP contribution in [0.15, 0.2) is 89.8 Å². The van der Waals surface area contributed by atoms with Crippen LogP contribution in [-0.2, 0) is 4.79 Å². The Morgan fingerprint density at radius 2 is 1.52 bits per heavy atom. The average Bonchev–Trinajstić information content (AvgIpc) is 3.03. The minimum atomic E-state index is -0.415. The van der Waals surface area contributed by atoms with Gasteiger partial charge < -0.3 is 4.74 Å². The van der Waals surface area contributed by atoms with Gasteiger partial charge in [0.05, 0.1) is 16.2 Å². The molecule has 3 aromatic rings. The summed E-state index contributed by atoms with van der Waals surface area (Å²) in [6.07, 6.45) is 1.78. The number of anilines is 1. The van der Waals surface area contributed by atoms with Crippen LogP contribution in [0.25, 0.3) is 6.08 Å². The molecule has 1 heterocycles. The highest BCUT2D eigenvalue weighted by atomic mass is 32.2. The number of nitrogens with zero attached hydrogens (tertiary/aromatic N) is 1. The molecule has 0 saturated carbocycles. The van der Waals surface area contributed by atoms with Crippen molar-refractivity contribution in [1.82, 2.24) is 0 Å². The van der Waals surface area contributed by atoms with Crippen LogP contribution in [-0.4, -0.2) is 16.2 Å². The van der Waals surface area contributed by atoms with E-state index in [1.807, 2.05) is 36.4 Å². The van der Waals surface area contributed by atoms with Gasteiger partial charge in [0.1, 0.15) is 5.75 Å². The molecule has 1 saturated heterocycles. The molecule has 3 aromatic carbocycles. The lowest BCUT2D eigenvalue weighted by atomic mass is 10.2. The second-order valence-corrected chi connectivity index (χ2v) is 7.85. The highest BCUT2D eigenvalue weighted by molar-refractivity contribution is 8.27. The quantitative estimate of drug-likeness (QED) is 0.249. The summed E-state index contributed by atoms with van der Waals surface area (Å²) in [7, 11) is 0. The van der Waals surface area contributed by atoms with Crippen LogP contribution in [0.2, 0.25) is 0 Å². The van der Waals surface area contributed by atoms with E-state index in [1.165, 1.54) is 16.7 Å². The highest BCUT2D eigenvalue weighted by Gasteiger charge is 2.33. The Kier molecular flexibility index (Phi) is 5.55. The van der Waals surface area contributed by atoms with Crippen molar-refractivity contribution in [2.45, 2.75) is 0 Å². The van der Waals surface area contributed by atoms with Crippen molar-refractivity contribution in [3.63, 3.8) is 0 Å². The molecule has 0 atom stereocenters. The van der Waals surface area contributed by atoms with Crippen molar-refractivity contribution >= 4 is 51.9 Å². The largest absolute Gasteiger partial charge is 0.423 e. The van der Waals surface area contributed by atoms with Crippen molar-refractivity contribution < 1.29 is 14.3 Å². The van der Waals surface area contributed by atoms with Crippen molar-refractivity contribution in [3.8, 4) is 5.75 Å². The van der Waals surface area contributed by atoms with Crippen LogP contribution in [0, 0.1) is 0 Å². The lowest BCUT2D eigenvalue weighted by Gasteiger charge is -2.13. The van der Waals surface area contributed by atoms with E-state index in [0.717, 1.165) is 11.3 Å². The molecule has 1 aliphatic heterocycles. The van der Waals surface area contributed by atoms with Crippen LogP contribution in [0.4, 0.5) is 5.69 Å². The van der Waals surface area contributed by atoms with E-state index in [4.69, 9.17) is 17.0 Å². The van der Waals surface area contributed by atoms with Crippen molar-refractivity contribution in [1.29, 1.82) is 0 Å². The Labute approximate surface area is 177 Å². The Balaban J connectivity index is 1.48. The normalized spacial score (nSPS) is 15.0. The number of carbonyl (C=O) groups is 2. The number of benzene rings is 3. The summed E-state index contributed by atoms with van der Waals surface area (Å²) in [5, 5.41) is 0. The van der Waals surface area contributed by atoms with Gasteiger partial charge in [0.15, 0.2) is 4.32 Å². The number of rotatable bonds is 4. The zero-order chi connectivity index (χ0) is 20.2. The standard InChI is InChI=1S/C23H15NO3S2/c25-21-20(29-23(28)24(21)18-9-5-2-6-10-18)15-16-11-13-19(14-12-16)27-22(26)17-7-3-1-4-8-17/h1-15H. The second kappa shape index (κ2) is 8.43. The fourth-order valence-corrected chi connectivity index (χ4v) is 4.09. The molecule has 142 valence electrons. The maximum Gasteiger partial charge on any atom is 0.343 e. The number of para-hydroxylation sites is 1. The van der Waals surface area contributed by atoms with Crippen LogP contribution >= 0.6 is 24.0 Å². The summed E-state index contributed by atoms with van der Waals surface area (Å²) in [5.74, 6) is -0.124. The fraction of sp³-hybridized carbons (Fsp3) is 0. The molecule has 1 fully saturated rings. The summed E-state index contributed by atoms with van der Waals surface area (Å²) in [6.45, 7) is 0. The number of thiocarbonyl (C=S) groups is 1. The molecule has 0 spiro atoms. The van der Waals surface area contributed by atoms with Gasteiger partial charge in [0, 0.05) is 0 Å². The monoisotopic (exact) mass is 417 g/mol. The third kappa shape index (κ3) is 4.29. The zero-order valence-corrected chi connectivity index (χ0v) is 16.8. The van der Waals surface area contributed by atoms with Crippen molar-refractivity contribution in [2.24, 2.45) is 0 Å². The molecule has 1 aliphatic rings. The number of ether oxygens (including phenoxy) is 1. The first-order valence-electron chi connectivity index (χ1n) is 8.82. The van der Waals surface area contributed by atoms with Crippen molar-refractivity contribution in [3.05, 3.63) is 101 Å². The molecule has 4 rings (SSSR count). The van der Waals surface area contributed by atoms with E-state index in [0.29, 0.717) is 20.5 Å². The Morgan fingerprint density at radius 3 is 2.17 bits per heavy atom. The van der Waals surface area contributed by atoms with Gasteiger partial charge in [-0.2, -0.15) is 0 Å². The van der Waals surface area contributed by atoms with E-state index >= 15 is 0 Å². The number of carbonyl (C=O) groups excluding carboxylic acids is 2. The molecule has 4 nitrogen and oxygen atoms in total. The molecular weight excluding hydrogens is 402 g/mol. The summed E-state index contributed by atoms with van der Waals surface area (Å²) in [4.78, 5) is 27.0. The molecule has 29 heavy (non-hydrogen) atoms. The molecule has 0 aliphatic carbocycles. The molecule has 6 heteroatoms. The van der Waals surface area contributed by atoms with E-state index < -0.39 is 5.97 Å². The third-order valence-corrected chi connectivity index (χ3v) is 5.51. The third-order valence-electron chi connectivity index (χ3n) is 4.21. The molecule has 0 aromatic heterocycles. The Morgan fingerprint density at radius 1 is 0.897 bits per heavy atom. The molecule has 0 bridgehead atoms. The summed E-state index contributed by atoms with van der Waals surface area (Å²) in [5.41, 5.74) is 2.06. The maximum absolute atomic E-state index is 12.8. The number of hydrogen-bond donors (Lipinski definition) is 0. The number of esters is 1. The van der Waals surface area contributed by atoms with Gasteiger partial charge in [0.25, 0.3) is 5.91 Å². The summed E-state index contributed by atoms with van der Waals surface area (Å²) in [6, 6.07) is 25.1. The fourth-order valence-electron chi connectivity index (χ4n) is 2.79. The first kappa shape index (κ1) is 19.1. The van der Waals surface area contributed by atoms with Crippen LogP contribution < -0.4 is 9.64 Å². The van der Waals surface area contributed by atoms with Crippen LogP contribution in [0.3, 0.4) is 0 Å². The first-order chi connectivity index (χ1) is 14.1. The molecule has 0 N–H and O–H groups in total. The second-order valence-electron chi connectivity index (χ2n) is 6.18. The van der Waals surface area contributed by atoms with Gasteiger partial charge >= 0.3 is 5.97 Å². The van der Waals surface area contributed by atoms with Gasteiger partial charge in [0.2, 0.25) is 0 Å². The van der Waals surface area contributed by atoms with E-state index in [9.17, 15) is 9.59 Å².